The van der Waals surface area contributed by atoms with E-state index in [4.69, 9.17) is 5.73 Å². The maximum absolute atomic E-state index is 13.1. The quantitative estimate of drug-likeness (QED) is 0.594. The van der Waals surface area contributed by atoms with Gasteiger partial charge in [0.1, 0.15) is 6.17 Å². The first-order valence-corrected chi connectivity index (χ1v) is 3.75. The minimum atomic E-state index is -0.905. The highest BCUT2D eigenvalue weighted by atomic mass is 19.1. The number of nitrogens with zero attached hydrogens (tertiary/aromatic N) is 1. The van der Waals surface area contributed by atoms with Gasteiger partial charge in [0.2, 0.25) is 0 Å². The van der Waals surface area contributed by atoms with Crippen LogP contribution in [0, 0.1) is 0 Å². The Bertz CT molecular complexity index is 269. The Balaban J connectivity index is 2.48. The van der Waals surface area contributed by atoms with Gasteiger partial charge < -0.3 is 5.73 Å². The van der Waals surface area contributed by atoms with Crippen molar-refractivity contribution in [2.24, 2.45) is 0 Å². The summed E-state index contributed by atoms with van der Waals surface area (Å²) in [6.45, 7) is 0. The van der Waals surface area contributed by atoms with Crippen molar-refractivity contribution in [1.29, 1.82) is 0 Å². The fourth-order valence-corrected chi connectivity index (χ4v) is 1.55. The fourth-order valence-electron chi connectivity index (χ4n) is 1.55. The SMILES string of the molecule is Nc1n[nH]c2c1C(F)CCC2. The van der Waals surface area contributed by atoms with Gasteiger partial charge in [0.05, 0.1) is 5.56 Å². The molecule has 0 spiro atoms. The standard InChI is InChI=1S/C7H10FN3/c8-4-2-1-3-5-6(4)7(9)11-10-5/h4H,1-3H2,(H3,9,10,11). The van der Waals surface area contributed by atoms with Crippen LogP contribution in [0.4, 0.5) is 10.2 Å². The first-order chi connectivity index (χ1) is 5.29. The van der Waals surface area contributed by atoms with Gasteiger partial charge in [-0.25, -0.2) is 4.39 Å². The molecule has 0 fully saturated rings. The van der Waals surface area contributed by atoms with Crippen LogP contribution in [0.15, 0.2) is 0 Å². The van der Waals surface area contributed by atoms with Crippen molar-refractivity contribution >= 4 is 5.82 Å². The van der Waals surface area contributed by atoms with Crippen molar-refractivity contribution < 1.29 is 4.39 Å². The minimum Gasteiger partial charge on any atom is -0.382 e. The van der Waals surface area contributed by atoms with E-state index in [2.05, 4.69) is 10.2 Å². The van der Waals surface area contributed by atoms with Gasteiger partial charge in [0, 0.05) is 5.69 Å². The number of aryl methyl sites for hydroxylation is 1. The minimum absolute atomic E-state index is 0.326. The Morgan fingerprint density at radius 2 is 2.45 bits per heavy atom. The first kappa shape index (κ1) is 6.64. The van der Waals surface area contributed by atoms with Crippen molar-refractivity contribution in [1.82, 2.24) is 10.2 Å². The van der Waals surface area contributed by atoms with Crippen LogP contribution in [-0.4, -0.2) is 10.2 Å². The molecule has 1 aromatic rings. The summed E-state index contributed by atoms with van der Waals surface area (Å²) in [6, 6.07) is 0. The molecule has 0 radical (unpaired) electrons. The summed E-state index contributed by atoms with van der Waals surface area (Å²) in [5, 5.41) is 6.50. The van der Waals surface area contributed by atoms with Crippen LogP contribution in [0.2, 0.25) is 0 Å². The van der Waals surface area contributed by atoms with E-state index in [0.29, 0.717) is 17.8 Å². The molecule has 0 aliphatic heterocycles. The second kappa shape index (κ2) is 2.22. The van der Waals surface area contributed by atoms with Crippen LogP contribution in [0.1, 0.15) is 30.3 Å². The molecule has 1 aliphatic rings. The summed E-state index contributed by atoms with van der Waals surface area (Å²) in [4.78, 5) is 0. The van der Waals surface area contributed by atoms with Gasteiger partial charge in [0.15, 0.2) is 5.82 Å². The van der Waals surface area contributed by atoms with Gasteiger partial charge in [0.25, 0.3) is 0 Å². The van der Waals surface area contributed by atoms with E-state index in [1.54, 1.807) is 0 Å². The molecular weight excluding hydrogens is 145 g/mol. The first-order valence-electron chi connectivity index (χ1n) is 3.75. The number of aromatic nitrogens is 2. The second-order valence-electron chi connectivity index (χ2n) is 2.86. The average molecular weight is 155 g/mol. The predicted octanol–water partition coefficient (Wildman–Crippen LogP) is 1.34. The molecule has 1 aromatic heterocycles. The number of alkyl halides is 1. The summed E-state index contributed by atoms with van der Waals surface area (Å²) in [5.74, 6) is 0.326. The number of halogens is 1. The van der Waals surface area contributed by atoms with E-state index in [1.807, 2.05) is 0 Å². The van der Waals surface area contributed by atoms with Crippen molar-refractivity contribution in [2.75, 3.05) is 5.73 Å². The van der Waals surface area contributed by atoms with Gasteiger partial charge in [-0.15, -0.1) is 0 Å². The van der Waals surface area contributed by atoms with E-state index >= 15 is 0 Å². The van der Waals surface area contributed by atoms with Gasteiger partial charge in [-0.2, -0.15) is 5.10 Å². The lowest BCUT2D eigenvalue weighted by Crippen LogP contribution is -2.05. The van der Waals surface area contributed by atoms with Crippen LogP contribution in [0.5, 0.6) is 0 Å². The van der Waals surface area contributed by atoms with E-state index in [1.165, 1.54) is 0 Å². The summed E-state index contributed by atoms with van der Waals surface area (Å²) in [6.07, 6.45) is 1.43. The molecule has 0 aromatic carbocycles. The third-order valence-corrected chi connectivity index (χ3v) is 2.11. The number of fused-ring (bicyclic) bond motifs is 1. The molecule has 3 N–H and O–H groups in total. The summed E-state index contributed by atoms with van der Waals surface area (Å²) < 4.78 is 13.1. The molecular formula is C7H10FN3. The summed E-state index contributed by atoms with van der Waals surface area (Å²) in [5.41, 5.74) is 6.94. The van der Waals surface area contributed by atoms with Crippen molar-refractivity contribution in [2.45, 2.75) is 25.4 Å². The zero-order chi connectivity index (χ0) is 7.84. The number of H-pyrrole nitrogens is 1. The van der Waals surface area contributed by atoms with Crippen molar-refractivity contribution in [3.8, 4) is 0 Å². The van der Waals surface area contributed by atoms with E-state index in [-0.39, 0.29) is 0 Å². The van der Waals surface area contributed by atoms with Gasteiger partial charge in [-0.05, 0) is 19.3 Å². The van der Waals surface area contributed by atoms with Crippen LogP contribution in [0.3, 0.4) is 0 Å². The third-order valence-electron chi connectivity index (χ3n) is 2.11. The molecule has 60 valence electrons. The van der Waals surface area contributed by atoms with Gasteiger partial charge >= 0.3 is 0 Å². The lowest BCUT2D eigenvalue weighted by Gasteiger charge is -2.14. The molecule has 0 amide bonds. The highest BCUT2D eigenvalue weighted by molar-refractivity contribution is 5.44. The Hall–Kier alpha value is -1.06. The van der Waals surface area contributed by atoms with E-state index in [9.17, 15) is 4.39 Å². The van der Waals surface area contributed by atoms with E-state index < -0.39 is 6.17 Å². The summed E-state index contributed by atoms with van der Waals surface area (Å²) >= 11 is 0. The average Bonchev–Trinajstić information content (AvgIpc) is 2.34. The van der Waals surface area contributed by atoms with Crippen LogP contribution >= 0.6 is 0 Å². The molecule has 0 saturated carbocycles. The Labute approximate surface area is 63.8 Å². The number of nitrogens with one attached hydrogen (secondary N) is 1. The summed E-state index contributed by atoms with van der Waals surface area (Å²) in [7, 11) is 0. The van der Waals surface area contributed by atoms with E-state index in [0.717, 1.165) is 18.5 Å². The Kier molecular flexibility index (Phi) is 1.34. The third kappa shape index (κ3) is 0.895. The number of nitrogen functional groups attached to an aromatic ring is 1. The predicted molar refractivity (Wildman–Crippen MR) is 39.8 cm³/mol. The molecule has 1 aliphatic carbocycles. The Morgan fingerprint density at radius 1 is 1.64 bits per heavy atom. The molecule has 0 bridgehead atoms. The van der Waals surface area contributed by atoms with Crippen molar-refractivity contribution in [3.63, 3.8) is 0 Å². The molecule has 3 nitrogen and oxygen atoms in total. The largest absolute Gasteiger partial charge is 0.382 e. The number of hydrogen-bond acceptors (Lipinski definition) is 2. The molecule has 0 saturated heterocycles. The lowest BCUT2D eigenvalue weighted by atomic mass is 9.96. The molecule has 1 unspecified atom stereocenters. The number of hydrogen-bond donors (Lipinski definition) is 2. The highest BCUT2D eigenvalue weighted by Crippen LogP contribution is 2.34. The Morgan fingerprint density at radius 3 is 3.18 bits per heavy atom. The lowest BCUT2D eigenvalue weighted by molar-refractivity contribution is 0.303. The van der Waals surface area contributed by atoms with Crippen LogP contribution in [0.25, 0.3) is 0 Å². The molecule has 4 heteroatoms. The van der Waals surface area contributed by atoms with Gasteiger partial charge in [-0.1, -0.05) is 0 Å². The maximum atomic E-state index is 13.1. The number of aromatic amines is 1. The number of nitrogens with two attached hydrogens (primary N) is 1. The zero-order valence-corrected chi connectivity index (χ0v) is 6.10. The van der Waals surface area contributed by atoms with Crippen LogP contribution < -0.4 is 5.73 Å². The molecule has 1 atom stereocenters. The van der Waals surface area contributed by atoms with Crippen LogP contribution in [-0.2, 0) is 6.42 Å². The zero-order valence-electron chi connectivity index (χ0n) is 6.10. The molecule has 1 heterocycles. The normalized spacial score (nSPS) is 23.2. The maximum Gasteiger partial charge on any atom is 0.151 e. The topological polar surface area (TPSA) is 54.7 Å². The number of anilines is 1. The van der Waals surface area contributed by atoms with Gasteiger partial charge in [-0.3, -0.25) is 5.10 Å². The second-order valence-corrected chi connectivity index (χ2v) is 2.86. The monoisotopic (exact) mass is 155 g/mol. The molecule has 2 rings (SSSR count). The smallest absolute Gasteiger partial charge is 0.151 e. The number of rotatable bonds is 0. The highest BCUT2D eigenvalue weighted by Gasteiger charge is 2.24. The fraction of sp³-hybridized carbons (Fsp3) is 0.571. The van der Waals surface area contributed by atoms with Crippen molar-refractivity contribution in [3.05, 3.63) is 11.3 Å². The molecule has 11 heavy (non-hydrogen) atoms.